The fourth-order valence-electron chi connectivity index (χ4n) is 1.61. The van der Waals surface area contributed by atoms with Gasteiger partial charge in [-0.2, -0.15) is 13.2 Å². The van der Waals surface area contributed by atoms with Gasteiger partial charge in [0.05, 0.1) is 13.2 Å². The largest absolute Gasteiger partial charge is 0.401 e. The van der Waals surface area contributed by atoms with E-state index in [-0.39, 0.29) is 31.3 Å². The van der Waals surface area contributed by atoms with E-state index >= 15 is 0 Å². The van der Waals surface area contributed by atoms with Crippen LogP contribution >= 0.6 is 0 Å². The van der Waals surface area contributed by atoms with Gasteiger partial charge in [0.25, 0.3) is 0 Å². The molecule has 1 atom stereocenters. The highest BCUT2D eigenvalue weighted by Gasteiger charge is 2.32. The Morgan fingerprint density at radius 3 is 2.00 bits per heavy atom. The van der Waals surface area contributed by atoms with Crippen LogP contribution in [0.15, 0.2) is 0 Å². The first-order valence-electron chi connectivity index (χ1n) is 5.83. The van der Waals surface area contributed by atoms with Crippen LogP contribution in [0.2, 0.25) is 0 Å². The number of hydrogen-bond acceptors (Lipinski definition) is 3. The molecule has 0 aromatic heterocycles. The molecule has 0 fully saturated rings. The van der Waals surface area contributed by atoms with E-state index < -0.39 is 12.7 Å². The minimum absolute atomic E-state index is 0.132. The lowest BCUT2D eigenvalue weighted by molar-refractivity contribution is -0.150. The maximum Gasteiger partial charge on any atom is 0.401 e. The molecule has 0 rings (SSSR count). The maximum atomic E-state index is 12.4. The summed E-state index contributed by atoms with van der Waals surface area (Å²) in [5, 5.41) is 12.2. The van der Waals surface area contributed by atoms with E-state index in [1.54, 1.807) is 13.8 Å². The van der Waals surface area contributed by atoms with Gasteiger partial charge in [0.15, 0.2) is 0 Å². The van der Waals surface area contributed by atoms with Crippen LogP contribution < -0.4 is 5.32 Å². The second kappa shape index (κ2) is 7.18. The number of aliphatic hydroxyl groups is 1. The predicted molar refractivity (Wildman–Crippen MR) is 61.9 cm³/mol. The van der Waals surface area contributed by atoms with Crippen molar-refractivity contribution < 1.29 is 18.3 Å². The molecule has 1 unspecified atom stereocenters. The van der Waals surface area contributed by atoms with Gasteiger partial charge in [0.1, 0.15) is 0 Å². The second-order valence-corrected chi connectivity index (χ2v) is 4.84. The molecule has 2 N–H and O–H groups in total. The first kappa shape index (κ1) is 16.7. The number of alkyl halides is 3. The van der Waals surface area contributed by atoms with Crippen molar-refractivity contribution in [2.45, 2.75) is 52.0 Å². The van der Waals surface area contributed by atoms with Crippen LogP contribution in [0.1, 0.15) is 27.7 Å². The van der Waals surface area contributed by atoms with Gasteiger partial charge in [-0.1, -0.05) is 13.8 Å². The molecule has 0 spiro atoms. The first-order valence-corrected chi connectivity index (χ1v) is 5.83. The zero-order valence-electron chi connectivity index (χ0n) is 10.9. The third-order valence-electron chi connectivity index (χ3n) is 2.36. The van der Waals surface area contributed by atoms with Crippen LogP contribution in [0.4, 0.5) is 13.2 Å². The normalized spacial score (nSPS) is 15.0. The molecule has 3 nitrogen and oxygen atoms in total. The molecule has 17 heavy (non-hydrogen) atoms. The third-order valence-corrected chi connectivity index (χ3v) is 2.36. The Kier molecular flexibility index (Phi) is 7.04. The number of halogens is 3. The number of aliphatic hydroxyl groups excluding tert-OH is 1. The van der Waals surface area contributed by atoms with E-state index in [4.69, 9.17) is 5.11 Å². The van der Waals surface area contributed by atoms with E-state index in [1.165, 1.54) is 4.90 Å². The molecule has 6 heteroatoms. The summed E-state index contributed by atoms with van der Waals surface area (Å²) >= 11 is 0. The van der Waals surface area contributed by atoms with Gasteiger partial charge in [0.2, 0.25) is 0 Å². The van der Waals surface area contributed by atoms with Gasteiger partial charge in [-0.15, -0.1) is 0 Å². The summed E-state index contributed by atoms with van der Waals surface area (Å²) in [5.74, 6) is 0. The third kappa shape index (κ3) is 8.40. The van der Waals surface area contributed by atoms with Crippen LogP contribution in [0.25, 0.3) is 0 Å². The Balaban J connectivity index is 4.41. The summed E-state index contributed by atoms with van der Waals surface area (Å²) in [6, 6.07) is -0.411. The van der Waals surface area contributed by atoms with Gasteiger partial charge >= 0.3 is 6.18 Å². The highest BCUT2D eigenvalue weighted by atomic mass is 19.4. The van der Waals surface area contributed by atoms with Crippen LogP contribution in [-0.2, 0) is 0 Å². The molecule has 0 aliphatic rings. The fraction of sp³-hybridized carbons (Fsp3) is 1.00. The highest BCUT2D eigenvalue weighted by Crippen LogP contribution is 2.18. The van der Waals surface area contributed by atoms with Crippen LogP contribution in [0, 0.1) is 0 Å². The lowest BCUT2D eigenvalue weighted by Gasteiger charge is -2.31. The summed E-state index contributed by atoms with van der Waals surface area (Å²) in [4.78, 5) is 1.32. The van der Waals surface area contributed by atoms with Gasteiger partial charge < -0.3 is 10.4 Å². The molecule has 0 bridgehead atoms. The topological polar surface area (TPSA) is 35.5 Å². The molecule has 0 saturated heterocycles. The molecule has 104 valence electrons. The average molecular weight is 256 g/mol. The van der Waals surface area contributed by atoms with Crippen molar-refractivity contribution in [3.8, 4) is 0 Å². The maximum absolute atomic E-state index is 12.4. The van der Waals surface area contributed by atoms with Crippen molar-refractivity contribution in [3.05, 3.63) is 0 Å². The second-order valence-electron chi connectivity index (χ2n) is 4.84. The predicted octanol–water partition coefficient (Wildman–Crippen LogP) is 1.62. The Morgan fingerprint density at radius 2 is 1.71 bits per heavy atom. The molecule has 0 saturated carbocycles. The molecule has 0 aliphatic heterocycles. The van der Waals surface area contributed by atoms with Gasteiger partial charge in [0, 0.05) is 24.7 Å². The van der Waals surface area contributed by atoms with Crippen molar-refractivity contribution in [1.82, 2.24) is 10.2 Å². The lowest BCUT2D eigenvalue weighted by atomic mass is 10.2. The molecule has 0 aromatic rings. The quantitative estimate of drug-likeness (QED) is 0.726. The standard InChI is InChI=1S/C11H23F3N2O/c1-8(2)15-10(6-17)5-16(9(3)4)7-11(12,13)14/h8-10,15,17H,5-7H2,1-4H3. The zero-order valence-corrected chi connectivity index (χ0v) is 10.9. The number of nitrogens with one attached hydrogen (secondary N) is 1. The van der Waals surface area contributed by atoms with Crippen molar-refractivity contribution in [1.29, 1.82) is 0 Å². The molecular formula is C11H23F3N2O. The van der Waals surface area contributed by atoms with E-state index in [0.29, 0.717) is 0 Å². The minimum atomic E-state index is -4.21. The molecule has 0 heterocycles. The van der Waals surface area contributed by atoms with Crippen LogP contribution in [0.3, 0.4) is 0 Å². The molecular weight excluding hydrogens is 233 g/mol. The Morgan fingerprint density at radius 1 is 1.18 bits per heavy atom. The first-order chi connectivity index (χ1) is 7.65. The van der Waals surface area contributed by atoms with Gasteiger partial charge in [-0.3, -0.25) is 4.90 Å². The Bertz CT molecular complexity index is 207. The van der Waals surface area contributed by atoms with E-state index in [0.717, 1.165) is 0 Å². The summed E-state index contributed by atoms with van der Waals surface area (Å²) in [6.45, 7) is 6.30. The number of rotatable bonds is 7. The SMILES string of the molecule is CC(C)NC(CO)CN(CC(F)(F)F)C(C)C. The van der Waals surface area contributed by atoms with E-state index in [9.17, 15) is 13.2 Å². The van der Waals surface area contributed by atoms with Gasteiger partial charge in [-0.25, -0.2) is 0 Å². The minimum Gasteiger partial charge on any atom is -0.395 e. The molecule has 0 aromatic carbocycles. The average Bonchev–Trinajstić information content (AvgIpc) is 2.12. The summed E-state index contributed by atoms with van der Waals surface area (Å²) in [7, 11) is 0. The molecule has 0 radical (unpaired) electrons. The van der Waals surface area contributed by atoms with Crippen molar-refractivity contribution in [2.24, 2.45) is 0 Å². The molecule has 0 aliphatic carbocycles. The van der Waals surface area contributed by atoms with E-state index in [2.05, 4.69) is 5.32 Å². The number of nitrogens with zero attached hydrogens (tertiary/aromatic N) is 1. The monoisotopic (exact) mass is 256 g/mol. The fourth-order valence-corrected chi connectivity index (χ4v) is 1.61. The van der Waals surface area contributed by atoms with Crippen molar-refractivity contribution in [2.75, 3.05) is 19.7 Å². The van der Waals surface area contributed by atoms with Crippen molar-refractivity contribution in [3.63, 3.8) is 0 Å². The Hall–Kier alpha value is -0.330. The smallest absolute Gasteiger partial charge is 0.395 e. The summed E-state index contributed by atoms with van der Waals surface area (Å²) in [6.07, 6.45) is -4.21. The number of hydrogen-bond donors (Lipinski definition) is 2. The van der Waals surface area contributed by atoms with Crippen molar-refractivity contribution >= 4 is 0 Å². The molecule has 0 amide bonds. The zero-order chi connectivity index (χ0) is 13.6. The van der Waals surface area contributed by atoms with E-state index in [1.807, 2.05) is 13.8 Å². The van der Waals surface area contributed by atoms with Crippen LogP contribution in [-0.4, -0.2) is 54.0 Å². The summed E-state index contributed by atoms with van der Waals surface area (Å²) < 4.78 is 37.1. The Labute approximate surface area is 101 Å². The highest BCUT2D eigenvalue weighted by molar-refractivity contribution is 4.76. The van der Waals surface area contributed by atoms with Crippen LogP contribution in [0.5, 0.6) is 0 Å². The van der Waals surface area contributed by atoms with Gasteiger partial charge in [-0.05, 0) is 13.8 Å². The lowest BCUT2D eigenvalue weighted by Crippen LogP contribution is -2.50. The summed E-state index contributed by atoms with van der Waals surface area (Å²) in [5.41, 5.74) is 0.